The van der Waals surface area contributed by atoms with Gasteiger partial charge < -0.3 is 14.2 Å². The molecule has 72 heavy (non-hydrogen) atoms. The van der Waals surface area contributed by atoms with Crippen molar-refractivity contribution in [3.8, 4) is 0 Å². The Balaban J connectivity index is 4.42. The summed E-state index contributed by atoms with van der Waals surface area (Å²) in [5.41, 5.74) is 0. The number of carbonyl (C=O) groups is 3. The maximum atomic E-state index is 12.9. The fourth-order valence-electron chi connectivity index (χ4n) is 8.84. The molecule has 0 aliphatic rings. The van der Waals surface area contributed by atoms with Crippen LogP contribution < -0.4 is 0 Å². The van der Waals surface area contributed by atoms with Crippen LogP contribution in [-0.2, 0) is 28.6 Å². The van der Waals surface area contributed by atoms with Gasteiger partial charge in [0, 0.05) is 19.3 Å². The summed E-state index contributed by atoms with van der Waals surface area (Å²) in [6.07, 6.45) is 77.5. The summed E-state index contributed by atoms with van der Waals surface area (Å²) in [6, 6.07) is 0. The van der Waals surface area contributed by atoms with E-state index in [2.05, 4.69) is 93.7 Å². The van der Waals surface area contributed by atoms with Gasteiger partial charge in [0.25, 0.3) is 0 Å². The van der Waals surface area contributed by atoms with E-state index >= 15 is 0 Å². The molecule has 0 aliphatic heterocycles. The van der Waals surface area contributed by atoms with Gasteiger partial charge in [-0.15, -0.1) is 0 Å². The van der Waals surface area contributed by atoms with E-state index in [4.69, 9.17) is 14.2 Å². The molecule has 0 aromatic carbocycles. The summed E-state index contributed by atoms with van der Waals surface area (Å²) in [7, 11) is 0. The van der Waals surface area contributed by atoms with Gasteiger partial charge in [0.1, 0.15) is 13.2 Å². The Morgan fingerprint density at radius 2 is 0.583 bits per heavy atom. The van der Waals surface area contributed by atoms with E-state index in [1.54, 1.807) is 0 Å². The molecule has 0 amide bonds. The maximum absolute atomic E-state index is 12.9. The molecule has 0 saturated heterocycles. The van der Waals surface area contributed by atoms with Gasteiger partial charge in [0.2, 0.25) is 0 Å². The highest BCUT2D eigenvalue weighted by Crippen LogP contribution is 2.16. The van der Waals surface area contributed by atoms with Crippen LogP contribution >= 0.6 is 0 Å². The second-order valence-corrected chi connectivity index (χ2v) is 20.6. The van der Waals surface area contributed by atoms with E-state index in [1.165, 1.54) is 161 Å². The first-order valence-corrected chi connectivity index (χ1v) is 31.0. The number of unbranched alkanes of at least 4 members (excludes halogenated alkanes) is 34. The largest absolute Gasteiger partial charge is 0.462 e. The number of hydrogen-bond acceptors (Lipinski definition) is 6. The van der Waals surface area contributed by atoms with Gasteiger partial charge >= 0.3 is 17.9 Å². The van der Waals surface area contributed by atoms with Crippen molar-refractivity contribution in [1.29, 1.82) is 0 Å². The minimum absolute atomic E-state index is 0.0838. The van der Waals surface area contributed by atoms with Crippen LogP contribution in [0.5, 0.6) is 0 Å². The van der Waals surface area contributed by atoms with Gasteiger partial charge in [0.05, 0.1) is 0 Å². The average molecular weight is 1010 g/mol. The molecule has 0 aromatic rings. The lowest BCUT2D eigenvalue weighted by Gasteiger charge is -2.18. The van der Waals surface area contributed by atoms with Crippen LogP contribution in [-0.4, -0.2) is 37.2 Å². The van der Waals surface area contributed by atoms with E-state index in [-0.39, 0.29) is 31.1 Å². The van der Waals surface area contributed by atoms with Crippen molar-refractivity contribution in [3.05, 3.63) is 72.9 Å². The summed E-state index contributed by atoms with van der Waals surface area (Å²) in [5, 5.41) is 0. The molecule has 6 nitrogen and oxygen atoms in total. The highest BCUT2D eigenvalue weighted by Gasteiger charge is 2.19. The Morgan fingerprint density at radius 1 is 0.306 bits per heavy atom. The third kappa shape index (κ3) is 57.7. The lowest BCUT2D eigenvalue weighted by molar-refractivity contribution is -0.167. The number of esters is 3. The SMILES string of the molecule is CC/C=C\C/C=C\C/C=C\C/C=C\CCCCCCCCC(=O)OCC(COC(=O)CCCCCCCCCCCCCCCCCCC)OC(=O)CCCCCCC/C=C\C=C/CCCCCCCCC. The van der Waals surface area contributed by atoms with E-state index in [0.29, 0.717) is 19.3 Å². The van der Waals surface area contributed by atoms with Gasteiger partial charge in [-0.1, -0.05) is 280 Å². The molecule has 0 fully saturated rings. The fraction of sp³-hybridized carbons (Fsp3) is 0.773. The molecule has 1 unspecified atom stereocenters. The van der Waals surface area contributed by atoms with E-state index in [9.17, 15) is 14.4 Å². The Morgan fingerprint density at radius 3 is 0.931 bits per heavy atom. The quantitative estimate of drug-likeness (QED) is 0.0199. The zero-order chi connectivity index (χ0) is 52.2. The number of hydrogen-bond donors (Lipinski definition) is 0. The minimum Gasteiger partial charge on any atom is -0.462 e. The first kappa shape index (κ1) is 68.8. The maximum Gasteiger partial charge on any atom is 0.306 e. The second kappa shape index (κ2) is 60.4. The molecule has 0 spiro atoms. The molecule has 0 radical (unpaired) electrons. The van der Waals surface area contributed by atoms with Crippen molar-refractivity contribution in [1.82, 2.24) is 0 Å². The van der Waals surface area contributed by atoms with Gasteiger partial charge in [-0.05, 0) is 83.5 Å². The summed E-state index contributed by atoms with van der Waals surface area (Å²) in [6.45, 7) is 6.54. The minimum atomic E-state index is -0.789. The highest BCUT2D eigenvalue weighted by molar-refractivity contribution is 5.71. The van der Waals surface area contributed by atoms with Crippen molar-refractivity contribution in [3.63, 3.8) is 0 Å². The molecule has 0 heterocycles. The predicted molar refractivity (Wildman–Crippen MR) is 311 cm³/mol. The number of rotatable bonds is 56. The second-order valence-electron chi connectivity index (χ2n) is 20.6. The van der Waals surface area contributed by atoms with Crippen molar-refractivity contribution in [2.75, 3.05) is 13.2 Å². The zero-order valence-corrected chi connectivity index (χ0v) is 47.7. The van der Waals surface area contributed by atoms with E-state index in [1.807, 2.05) is 0 Å². The lowest BCUT2D eigenvalue weighted by atomic mass is 10.0. The molecule has 0 saturated carbocycles. The molecular formula is C66H116O6. The Bertz CT molecular complexity index is 1340. The molecule has 1 atom stereocenters. The Labute approximate surface area is 446 Å². The van der Waals surface area contributed by atoms with Crippen LogP contribution in [0.15, 0.2) is 72.9 Å². The topological polar surface area (TPSA) is 78.9 Å². The average Bonchev–Trinajstić information content (AvgIpc) is 3.38. The van der Waals surface area contributed by atoms with Gasteiger partial charge in [-0.2, -0.15) is 0 Å². The molecule has 0 N–H and O–H groups in total. The Kier molecular flexibility index (Phi) is 57.8. The number of allylic oxidation sites excluding steroid dienone is 12. The van der Waals surface area contributed by atoms with Crippen molar-refractivity contribution < 1.29 is 28.6 Å². The Hall–Kier alpha value is -3.15. The van der Waals surface area contributed by atoms with Gasteiger partial charge in [-0.3, -0.25) is 14.4 Å². The van der Waals surface area contributed by atoms with E-state index < -0.39 is 6.10 Å². The molecule has 0 rings (SSSR count). The van der Waals surface area contributed by atoms with Crippen molar-refractivity contribution in [2.45, 2.75) is 316 Å². The molecule has 416 valence electrons. The predicted octanol–water partition coefficient (Wildman–Crippen LogP) is 20.9. The van der Waals surface area contributed by atoms with Crippen molar-refractivity contribution >= 4 is 17.9 Å². The monoisotopic (exact) mass is 1000 g/mol. The molecule has 6 heteroatoms. The summed E-state index contributed by atoms with van der Waals surface area (Å²) >= 11 is 0. The van der Waals surface area contributed by atoms with Crippen LogP contribution in [0.4, 0.5) is 0 Å². The van der Waals surface area contributed by atoms with Gasteiger partial charge in [-0.25, -0.2) is 0 Å². The number of carbonyl (C=O) groups excluding carboxylic acids is 3. The van der Waals surface area contributed by atoms with Gasteiger partial charge in [0.15, 0.2) is 6.10 Å². The molecular weight excluding hydrogens is 889 g/mol. The first-order valence-electron chi connectivity index (χ1n) is 31.0. The smallest absolute Gasteiger partial charge is 0.306 e. The van der Waals surface area contributed by atoms with Crippen LogP contribution in [0.25, 0.3) is 0 Å². The van der Waals surface area contributed by atoms with Crippen LogP contribution in [0, 0.1) is 0 Å². The lowest BCUT2D eigenvalue weighted by Crippen LogP contribution is -2.30. The van der Waals surface area contributed by atoms with Crippen LogP contribution in [0.2, 0.25) is 0 Å². The van der Waals surface area contributed by atoms with Crippen LogP contribution in [0.3, 0.4) is 0 Å². The highest BCUT2D eigenvalue weighted by atomic mass is 16.6. The normalized spacial score (nSPS) is 12.5. The summed E-state index contributed by atoms with van der Waals surface area (Å²) in [4.78, 5) is 38.3. The number of ether oxygens (including phenoxy) is 3. The molecule has 0 aliphatic carbocycles. The summed E-state index contributed by atoms with van der Waals surface area (Å²) < 4.78 is 16.9. The third-order valence-electron chi connectivity index (χ3n) is 13.5. The molecule has 0 bridgehead atoms. The third-order valence-corrected chi connectivity index (χ3v) is 13.5. The zero-order valence-electron chi connectivity index (χ0n) is 47.7. The molecule has 0 aromatic heterocycles. The summed E-state index contributed by atoms with van der Waals surface area (Å²) in [5.74, 6) is -0.899. The first-order chi connectivity index (χ1) is 35.5. The van der Waals surface area contributed by atoms with Crippen LogP contribution in [0.1, 0.15) is 310 Å². The standard InChI is InChI=1S/C66H116O6/c1-4-7-10-13-16-19-22-25-28-31-33-36-38-41-44-47-50-53-56-59-65(68)71-62-63(61-70-64(67)58-55-52-49-46-43-40-37-34-30-27-24-21-18-15-12-9-6-3)72-66(69)60-57-54-51-48-45-42-39-35-32-29-26-23-20-17-14-11-8-5-2/h7,10,16,19,25,28-29,32-33,35-36,39,63H,4-6,8-9,11-15,17-18,20-24,26-27,30-31,34,37-38,40-62H2,1-3H3/b10-7-,19-16-,28-25-,32-29-,36-33-,39-35-. The van der Waals surface area contributed by atoms with E-state index in [0.717, 1.165) is 109 Å². The fourth-order valence-corrected chi connectivity index (χ4v) is 8.84. The van der Waals surface area contributed by atoms with Crippen molar-refractivity contribution in [2.24, 2.45) is 0 Å².